The molecule has 13 heteroatoms. The van der Waals surface area contributed by atoms with E-state index in [-0.39, 0.29) is 30.9 Å². The fourth-order valence-electron chi connectivity index (χ4n) is 4.58. The first-order valence-electron chi connectivity index (χ1n) is 12.5. The molecule has 0 aliphatic carbocycles. The van der Waals surface area contributed by atoms with Crippen molar-refractivity contribution in [1.82, 2.24) is 25.2 Å². The molecule has 1 aliphatic heterocycles. The van der Waals surface area contributed by atoms with Gasteiger partial charge in [-0.25, -0.2) is 9.48 Å². The minimum absolute atomic E-state index is 0.112. The second-order valence-corrected chi connectivity index (χ2v) is 10.7. The standard InChI is InChI=1S/C27H24Cl3N5O5/c1-15-8-25(37)40-23-3-2-19(11-20(15)23)39-14-24(36)34-6-4-16(5-7-34)27(38)31-12-18-13-35(33-32-18)26-21(29)9-17(28)10-22(26)30/h2-3,8-11,13,16H,4-7,12,14H2,1H3,(H,31,38). The number of likely N-dealkylation sites (tertiary alicyclic amines) is 1. The van der Waals surface area contributed by atoms with E-state index in [1.54, 1.807) is 41.4 Å². The van der Waals surface area contributed by atoms with Crippen LogP contribution in [0.1, 0.15) is 24.1 Å². The van der Waals surface area contributed by atoms with Crippen LogP contribution < -0.4 is 15.7 Å². The Balaban J connectivity index is 1.09. The Morgan fingerprint density at radius 3 is 2.55 bits per heavy atom. The monoisotopic (exact) mass is 603 g/mol. The minimum Gasteiger partial charge on any atom is -0.484 e. The van der Waals surface area contributed by atoms with Crippen molar-refractivity contribution in [2.45, 2.75) is 26.3 Å². The fraction of sp³-hybridized carbons (Fsp3) is 0.296. The minimum atomic E-state index is -0.413. The predicted molar refractivity (Wildman–Crippen MR) is 150 cm³/mol. The van der Waals surface area contributed by atoms with Gasteiger partial charge < -0.3 is 19.4 Å². The Morgan fingerprint density at radius 1 is 1.10 bits per heavy atom. The number of benzene rings is 2. The average Bonchev–Trinajstić information content (AvgIpc) is 3.38. The third kappa shape index (κ3) is 6.24. The molecule has 1 fully saturated rings. The molecule has 3 heterocycles. The maximum absolute atomic E-state index is 12.8. The lowest BCUT2D eigenvalue weighted by Crippen LogP contribution is -2.44. The number of rotatable bonds is 7. The summed E-state index contributed by atoms with van der Waals surface area (Å²) < 4.78 is 12.3. The highest BCUT2D eigenvalue weighted by atomic mass is 35.5. The molecule has 0 radical (unpaired) electrons. The van der Waals surface area contributed by atoms with Crippen LogP contribution in [0.15, 0.2) is 51.8 Å². The van der Waals surface area contributed by atoms with Gasteiger partial charge in [-0.3, -0.25) is 9.59 Å². The normalized spacial score (nSPS) is 13.9. The van der Waals surface area contributed by atoms with E-state index in [1.807, 2.05) is 6.92 Å². The van der Waals surface area contributed by atoms with Crippen molar-refractivity contribution < 1.29 is 18.7 Å². The van der Waals surface area contributed by atoms with Crippen LogP contribution in [0.4, 0.5) is 0 Å². The summed E-state index contributed by atoms with van der Waals surface area (Å²) >= 11 is 18.5. The first kappa shape index (κ1) is 27.9. The number of hydrogen-bond acceptors (Lipinski definition) is 7. The number of piperidine rings is 1. The number of nitrogens with one attached hydrogen (secondary N) is 1. The first-order chi connectivity index (χ1) is 19.2. The van der Waals surface area contributed by atoms with Crippen molar-refractivity contribution >= 4 is 57.6 Å². The summed E-state index contributed by atoms with van der Waals surface area (Å²) in [7, 11) is 0. The number of aryl methyl sites for hydroxylation is 1. The topological polar surface area (TPSA) is 120 Å². The van der Waals surface area contributed by atoms with E-state index < -0.39 is 5.63 Å². The maximum atomic E-state index is 12.8. The molecular formula is C27H24Cl3N5O5. The third-order valence-corrected chi connectivity index (χ3v) is 7.49. The van der Waals surface area contributed by atoms with Gasteiger partial charge in [-0.1, -0.05) is 40.0 Å². The zero-order valence-electron chi connectivity index (χ0n) is 21.3. The van der Waals surface area contributed by atoms with Crippen LogP contribution in [0.2, 0.25) is 15.1 Å². The number of ether oxygens (including phenoxy) is 1. The van der Waals surface area contributed by atoms with Gasteiger partial charge in [0, 0.05) is 35.5 Å². The van der Waals surface area contributed by atoms with Gasteiger partial charge in [0.15, 0.2) is 6.61 Å². The Morgan fingerprint density at radius 2 is 1.82 bits per heavy atom. The van der Waals surface area contributed by atoms with Crippen LogP contribution in [0, 0.1) is 12.8 Å². The molecule has 5 rings (SSSR count). The van der Waals surface area contributed by atoms with Crippen molar-refractivity contribution in [3.63, 3.8) is 0 Å². The molecule has 208 valence electrons. The Labute approximate surface area is 243 Å². The first-order valence-corrected chi connectivity index (χ1v) is 13.6. The molecule has 2 amide bonds. The number of carbonyl (C=O) groups is 2. The Hall–Kier alpha value is -3.60. The van der Waals surface area contributed by atoms with Gasteiger partial charge in [-0.15, -0.1) is 5.10 Å². The van der Waals surface area contributed by atoms with Gasteiger partial charge in [0.2, 0.25) is 5.91 Å². The Kier molecular flexibility index (Phi) is 8.30. The van der Waals surface area contributed by atoms with Crippen molar-refractivity contribution in [3.05, 3.63) is 79.3 Å². The van der Waals surface area contributed by atoms with E-state index in [0.717, 1.165) is 10.9 Å². The summed E-state index contributed by atoms with van der Waals surface area (Å²) in [5, 5.41) is 12.8. The number of amides is 2. The smallest absolute Gasteiger partial charge is 0.336 e. The number of hydrogen-bond donors (Lipinski definition) is 1. The van der Waals surface area contributed by atoms with Gasteiger partial charge in [0.05, 0.1) is 22.8 Å². The van der Waals surface area contributed by atoms with Gasteiger partial charge in [0.25, 0.3) is 5.91 Å². The summed E-state index contributed by atoms with van der Waals surface area (Å²) in [6, 6.07) is 9.58. The van der Waals surface area contributed by atoms with E-state index in [9.17, 15) is 14.4 Å². The van der Waals surface area contributed by atoms with Crippen molar-refractivity contribution in [2.75, 3.05) is 19.7 Å². The Bertz CT molecular complexity index is 1620. The van der Waals surface area contributed by atoms with Crippen molar-refractivity contribution in [1.29, 1.82) is 0 Å². The van der Waals surface area contributed by atoms with Crippen molar-refractivity contribution in [3.8, 4) is 11.4 Å². The predicted octanol–water partition coefficient (Wildman–Crippen LogP) is 4.58. The molecule has 0 saturated carbocycles. The summed E-state index contributed by atoms with van der Waals surface area (Å²) in [4.78, 5) is 38.7. The van der Waals surface area contributed by atoms with Gasteiger partial charge in [0.1, 0.15) is 22.7 Å². The lowest BCUT2D eigenvalue weighted by atomic mass is 9.96. The number of nitrogens with zero attached hydrogens (tertiary/aromatic N) is 4. The molecule has 0 unspecified atom stereocenters. The average molecular weight is 605 g/mol. The zero-order valence-corrected chi connectivity index (χ0v) is 23.6. The summed E-state index contributed by atoms with van der Waals surface area (Å²) in [5.74, 6) is 0.00735. The SMILES string of the molecule is Cc1cc(=O)oc2ccc(OCC(=O)N3CCC(C(=O)NCc4cn(-c5c(Cl)cc(Cl)cc5Cl)nn4)CC3)cc12. The quantitative estimate of drug-likeness (QED) is 0.307. The van der Waals surface area contributed by atoms with Crippen LogP contribution in [-0.2, 0) is 16.1 Å². The van der Waals surface area contributed by atoms with Crippen LogP contribution in [0.5, 0.6) is 5.75 Å². The largest absolute Gasteiger partial charge is 0.484 e. The van der Waals surface area contributed by atoms with E-state index in [2.05, 4.69) is 15.6 Å². The van der Waals surface area contributed by atoms with E-state index >= 15 is 0 Å². The van der Waals surface area contributed by atoms with Crippen molar-refractivity contribution in [2.24, 2.45) is 5.92 Å². The molecule has 40 heavy (non-hydrogen) atoms. The molecule has 2 aromatic carbocycles. The van der Waals surface area contributed by atoms with Gasteiger partial charge in [-0.2, -0.15) is 0 Å². The second kappa shape index (κ2) is 11.9. The molecule has 4 aromatic rings. The van der Waals surface area contributed by atoms with Crippen LogP contribution in [-0.4, -0.2) is 51.4 Å². The van der Waals surface area contributed by atoms with Crippen LogP contribution in [0.25, 0.3) is 16.7 Å². The number of halogens is 3. The molecule has 0 spiro atoms. The van der Waals surface area contributed by atoms with E-state index in [1.165, 1.54) is 10.7 Å². The summed E-state index contributed by atoms with van der Waals surface area (Å²) in [6.07, 6.45) is 2.71. The molecule has 10 nitrogen and oxygen atoms in total. The lowest BCUT2D eigenvalue weighted by Gasteiger charge is -2.31. The number of fused-ring (bicyclic) bond motifs is 1. The zero-order chi connectivity index (χ0) is 28.4. The third-order valence-electron chi connectivity index (χ3n) is 6.70. The second-order valence-electron chi connectivity index (χ2n) is 9.44. The molecule has 1 N–H and O–H groups in total. The van der Waals surface area contributed by atoms with Gasteiger partial charge in [-0.05, 0) is 55.7 Å². The molecule has 1 saturated heterocycles. The number of carbonyl (C=O) groups excluding carboxylic acids is 2. The van der Waals surface area contributed by atoms with Gasteiger partial charge >= 0.3 is 5.63 Å². The lowest BCUT2D eigenvalue weighted by molar-refractivity contribution is -0.137. The molecule has 0 atom stereocenters. The molecule has 1 aliphatic rings. The maximum Gasteiger partial charge on any atom is 0.336 e. The van der Waals surface area contributed by atoms with E-state index in [4.69, 9.17) is 44.0 Å². The fourth-order valence-corrected chi connectivity index (χ4v) is 5.57. The molecular weight excluding hydrogens is 581 g/mol. The van der Waals surface area contributed by atoms with Crippen LogP contribution >= 0.6 is 34.8 Å². The highest BCUT2D eigenvalue weighted by Crippen LogP contribution is 2.31. The summed E-state index contributed by atoms with van der Waals surface area (Å²) in [5.41, 5.74) is 1.80. The van der Waals surface area contributed by atoms with Crippen LogP contribution in [0.3, 0.4) is 0 Å². The molecule has 0 bridgehead atoms. The highest BCUT2D eigenvalue weighted by Gasteiger charge is 2.27. The number of aromatic nitrogens is 3. The van der Waals surface area contributed by atoms with E-state index in [0.29, 0.717) is 63.7 Å². The summed E-state index contributed by atoms with van der Waals surface area (Å²) in [6.45, 7) is 2.77. The highest BCUT2D eigenvalue weighted by molar-refractivity contribution is 6.40. The molecule has 2 aromatic heterocycles.